The number of benzene rings is 2. The fraction of sp³-hybridized carbons (Fsp3) is 0.324. The molecule has 1 saturated heterocycles. The number of pyridine rings is 2. The molecule has 1 aliphatic rings. The molecule has 4 heterocycles. The number of amides is 1. The number of halogens is 2. The highest BCUT2D eigenvalue weighted by Gasteiger charge is 2.22. The van der Waals surface area contributed by atoms with Gasteiger partial charge in [0.15, 0.2) is 0 Å². The van der Waals surface area contributed by atoms with Crippen molar-refractivity contribution in [3.8, 4) is 39.4 Å². The summed E-state index contributed by atoms with van der Waals surface area (Å²) in [5.74, 6) is 0.854. The number of nitrogens with one attached hydrogen (secondary N) is 2. The number of carbonyl (C=O) groups excluding carboxylic acids is 1. The van der Waals surface area contributed by atoms with E-state index in [-0.39, 0.29) is 12.5 Å². The number of fused-ring (bicyclic) bond motifs is 1. The number of aryl methyl sites for hydroxylation is 1. The smallest absolute Gasteiger partial charge is 0.219 e. The Morgan fingerprint density at radius 3 is 2.52 bits per heavy atom. The lowest BCUT2D eigenvalue weighted by Gasteiger charge is -2.31. The first-order chi connectivity index (χ1) is 23.3. The van der Waals surface area contributed by atoms with Crippen molar-refractivity contribution in [2.45, 2.75) is 38.9 Å². The molecule has 1 aliphatic heterocycles. The molecule has 0 unspecified atom stereocenters. The Bertz CT molecular complexity index is 1940. The highest BCUT2D eigenvalue weighted by atomic mass is 35.5. The predicted octanol–water partition coefficient (Wildman–Crippen LogP) is 6.47. The van der Waals surface area contributed by atoms with E-state index in [1.54, 1.807) is 20.2 Å². The third kappa shape index (κ3) is 7.06. The monoisotopic (exact) mass is 686 g/mol. The van der Waals surface area contributed by atoms with Gasteiger partial charge in [0.25, 0.3) is 0 Å². The lowest BCUT2D eigenvalue weighted by atomic mass is 9.99. The zero-order valence-electron chi connectivity index (χ0n) is 27.4. The summed E-state index contributed by atoms with van der Waals surface area (Å²) < 4.78 is 7.71. The number of ether oxygens (including phenoxy) is 1. The summed E-state index contributed by atoms with van der Waals surface area (Å²) in [6.07, 6.45) is 5.77. The van der Waals surface area contributed by atoms with Gasteiger partial charge >= 0.3 is 0 Å². The van der Waals surface area contributed by atoms with Crippen LogP contribution in [0, 0.1) is 0 Å². The van der Waals surface area contributed by atoms with Gasteiger partial charge in [0, 0.05) is 98.3 Å². The second-order valence-electron chi connectivity index (χ2n) is 12.1. The minimum absolute atomic E-state index is 0.0664. The number of rotatable bonds is 11. The van der Waals surface area contributed by atoms with Crippen LogP contribution in [0.3, 0.4) is 0 Å². The van der Waals surface area contributed by atoms with E-state index < -0.39 is 0 Å². The van der Waals surface area contributed by atoms with E-state index in [9.17, 15) is 4.79 Å². The number of piperidine rings is 1. The fourth-order valence-corrected chi connectivity index (χ4v) is 7.05. The number of methoxy groups -OCH3 is 1. The van der Waals surface area contributed by atoms with Crippen LogP contribution in [0.15, 0.2) is 67.0 Å². The first-order valence-electron chi connectivity index (χ1n) is 16.2. The number of nitrogens with zero attached hydrogens (tertiary/aromatic N) is 4. The van der Waals surface area contributed by atoms with Crippen LogP contribution in [0.4, 0.5) is 0 Å². The number of aliphatic hydroxyl groups is 1. The molecule has 0 bridgehead atoms. The third-order valence-corrected chi connectivity index (χ3v) is 9.83. The van der Waals surface area contributed by atoms with Crippen LogP contribution >= 0.6 is 23.2 Å². The summed E-state index contributed by atoms with van der Waals surface area (Å²) in [7, 11) is 3.64. The largest absolute Gasteiger partial charge is 0.496 e. The van der Waals surface area contributed by atoms with Crippen molar-refractivity contribution in [1.82, 2.24) is 30.1 Å². The first kappa shape index (κ1) is 33.9. The maximum Gasteiger partial charge on any atom is 0.219 e. The molecular weight excluding hydrogens is 647 g/mol. The summed E-state index contributed by atoms with van der Waals surface area (Å²) in [6.45, 7) is 5.10. The summed E-state index contributed by atoms with van der Waals surface area (Å²) in [4.78, 5) is 23.3. The summed E-state index contributed by atoms with van der Waals surface area (Å²) in [6, 6.07) is 18.2. The molecule has 0 aliphatic carbocycles. The molecule has 0 saturated carbocycles. The minimum atomic E-state index is 0.0664. The third-order valence-electron chi connectivity index (χ3n) is 9.04. The molecule has 1 fully saturated rings. The van der Waals surface area contributed by atoms with Gasteiger partial charge < -0.3 is 29.9 Å². The molecule has 0 spiro atoms. The van der Waals surface area contributed by atoms with Crippen LogP contribution in [0.2, 0.25) is 10.0 Å². The van der Waals surface area contributed by atoms with Crippen LogP contribution in [0.1, 0.15) is 30.9 Å². The maximum atomic E-state index is 11.7. The van der Waals surface area contributed by atoms with Gasteiger partial charge in [-0.1, -0.05) is 53.5 Å². The van der Waals surface area contributed by atoms with Crippen LogP contribution in [0.5, 0.6) is 5.75 Å². The van der Waals surface area contributed by atoms with Crippen LogP contribution in [0.25, 0.3) is 44.7 Å². The molecule has 11 heteroatoms. The molecule has 0 atom stereocenters. The Morgan fingerprint density at radius 1 is 1.00 bits per heavy atom. The van der Waals surface area contributed by atoms with Gasteiger partial charge in [0.1, 0.15) is 11.4 Å². The topological polar surface area (TPSA) is 105 Å². The molecule has 9 nitrogen and oxygen atoms in total. The lowest BCUT2D eigenvalue weighted by Crippen LogP contribution is -2.43. The van der Waals surface area contributed by atoms with Gasteiger partial charge in [0.2, 0.25) is 5.91 Å². The van der Waals surface area contributed by atoms with Crippen LogP contribution < -0.4 is 15.4 Å². The second kappa shape index (κ2) is 15.1. The second-order valence-corrected chi connectivity index (χ2v) is 12.9. The average molecular weight is 688 g/mol. The molecule has 1 amide bonds. The quantitative estimate of drug-likeness (QED) is 0.137. The normalized spacial score (nSPS) is 13.8. The van der Waals surface area contributed by atoms with E-state index in [1.165, 1.54) is 5.56 Å². The number of aromatic nitrogens is 3. The molecule has 48 heavy (non-hydrogen) atoms. The highest BCUT2D eigenvalue weighted by molar-refractivity contribution is 6.39. The van der Waals surface area contributed by atoms with Gasteiger partial charge in [-0.3, -0.25) is 9.78 Å². The van der Waals surface area contributed by atoms with Crippen molar-refractivity contribution in [1.29, 1.82) is 0 Å². The Morgan fingerprint density at radius 2 is 1.77 bits per heavy atom. The summed E-state index contributed by atoms with van der Waals surface area (Å²) >= 11 is 14.2. The van der Waals surface area contributed by atoms with Gasteiger partial charge in [0.05, 0.1) is 35.1 Å². The van der Waals surface area contributed by atoms with E-state index >= 15 is 0 Å². The molecular formula is C37H40Cl2N6O3. The molecule has 0 radical (unpaired) electrons. The van der Waals surface area contributed by atoms with Crippen molar-refractivity contribution in [3.63, 3.8) is 0 Å². The van der Waals surface area contributed by atoms with E-state index in [0.29, 0.717) is 40.6 Å². The molecule has 5 aromatic rings. The molecule has 250 valence electrons. The van der Waals surface area contributed by atoms with Crippen LogP contribution in [-0.2, 0) is 24.9 Å². The Labute approximate surface area is 290 Å². The molecule has 3 N–H and O–H groups in total. The average Bonchev–Trinajstić information content (AvgIpc) is 3.42. The van der Waals surface area contributed by atoms with E-state index in [2.05, 4.69) is 32.4 Å². The predicted molar refractivity (Wildman–Crippen MR) is 192 cm³/mol. The lowest BCUT2D eigenvalue weighted by molar-refractivity contribution is -0.129. The Hall–Kier alpha value is -3.99. The van der Waals surface area contributed by atoms with Crippen molar-refractivity contribution in [2.24, 2.45) is 7.05 Å². The van der Waals surface area contributed by atoms with Crippen LogP contribution in [-0.4, -0.2) is 69.8 Å². The van der Waals surface area contributed by atoms with E-state index in [0.717, 1.165) is 77.0 Å². The van der Waals surface area contributed by atoms with Crippen molar-refractivity contribution >= 4 is 40.1 Å². The standard InChI is InChI=1S/C37H40Cl2N6O3/c1-23(47)45-16-12-27(13-17-45)42-21-26-22-44(2)37-28(26)9-10-32(43-37)31-6-4-5-29(34(31)38)30-11-14-41-36(35(30)39)24-7-8-25(20-40-15-18-46)33(19-24)48-3/h4-11,14,19,22,27,40,42,46H,12-13,15-18,20-21H2,1-3H3. The Balaban J connectivity index is 1.25. The number of hydrogen-bond acceptors (Lipinski definition) is 7. The van der Waals surface area contributed by atoms with E-state index in [1.807, 2.05) is 60.5 Å². The number of carbonyl (C=O) groups is 1. The minimum Gasteiger partial charge on any atom is -0.496 e. The van der Waals surface area contributed by atoms with E-state index in [4.69, 9.17) is 38.0 Å². The van der Waals surface area contributed by atoms with Gasteiger partial charge in [-0.15, -0.1) is 0 Å². The fourth-order valence-electron chi connectivity index (χ4n) is 6.41. The number of hydrogen-bond donors (Lipinski definition) is 3. The Kier molecular flexibility index (Phi) is 10.6. The van der Waals surface area contributed by atoms with Crippen molar-refractivity contribution < 1.29 is 14.6 Å². The van der Waals surface area contributed by atoms with Crippen molar-refractivity contribution in [3.05, 3.63) is 88.2 Å². The SMILES string of the molecule is COc1cc(-c2nccc(-c3cccc(-c4ccc5c(CNC6CCN(C(C)=O)CC6)cn(C)c5n4)c3Cl)c2Cl)ccc1CNCCO. The van der Waals surface area contributed by atoms with Gasteiger partial charge in [-0.05, 0) is 42.7 Å². The summed E-state index contributed by atoms with van der Waals surface area (Å²) in [5, 5.41) is 18.1. The maximum absolute atomic E-state index is 11.7. The zero-order valence-corrected chi connectivity index (χ0v) is 28.9. The molecule has 2 aromatic carbocycles. The number of aliphatic hydroxyl groups excluding tert-OH is 1. The zero-order chi connectivity index (χ0) is 33.8. The summed E-state index contributed by atoms with van der Waals surface area (Å²) in [5.41, 5.74) is 7.61. The highest BCUT2D eigenvalue weighted by Crippen LogP contribution is 2.42. The molecule has 3 aromatic heterocycles. The number of likely N-dealkylation sites (tertiary alicyclic amines) is 1. The first-order valence-corrected chi connectivity index (χ1v) is 16.9. The van der Waals surface area contributed by atoms with Gasteiger partial charge in [-0.25, -0.2) is 4.98 Å². The van der Waals surface area contributed by atoms with Crippen molar-refractivity contribution in [2.75, 3.05) is 33.4 Å². The van der Waals surface area contributed by atoms with Gasteiger partial charge in [-0.2, -0.15) is 0 Å². The molecule has 6 rings (SSSR count).